The Hall–Kier alpha value is -2.42. The molecule has 0 N–H and O–H groups in total. The summed E-state index contributed by atoms with van der Waals surface area (Å²) in [5.41, 5.74) is 5.25. The molecule has 0 unspecified atom stereocenters. The molecule has 0 saturated heterocycles. The standard InChI is InChI=1S/C28H38N2O/c1-3-5-7-8-9-10-11-12-20-31-25-17-15-24(16-18-25)28-22-29-26-19-14-23(13-6-4-2)21-27(26)30-28/h14-19,21-22H,3-13,20H2,1-2H3. The fourth-order valence-corrected chi connectivity index (χ4v) is 3.88. The highest BCUT2D eigenvalue weighted by Crippen LogP contribution is 2.23. The van der Waals surface area contributed by atoms with Crippen LogP contribution in [-0.2, 0) is 6.42 Å². The zero-order valence-electron chi connectivity index (χ0n) is 19.4. The maximum atomic E-state index is 5.93. The molecule has 0 aliphatic heterocycles. The molecular weight excluding hydrogens is 380 g/mol. The third kappa shape index (κ3) is 7.65. The van der Waals surface area contributed by atoms with Crippen LogP contribution in [0.4, 0.5) is 0 Å². The average Bonchev–Trinajstić information content (AvgIpc) is 2.81. The minimum Gasteiger partial charge on any atom is -0.494 e. The number of nitrogens with zero attached hydrogens (tertiary/aromatic N) is 2. The zero-order chi connectivity index (χ0) is 21.7. The molecule has 1 aromatic heterocycles. The van der Waals surface area contributed by atoms with Crippen LogP contribution in [0.3, 0.4) is 0 Å². The first-order chi connectivity index (χ1) is 15.3. The molecule has 0 aliphatic carbocycles. The summed E-state index contributed by atoms with van der Waals surface area (Å²) in [7, 11) is 0. The molecule has 0 atom stereocenters. The van der Waals surface area contributed by atoms with Crippen molar-refractivity contribution in [2.24, 2.45) is 0 Å². The Morgan fingerprint density at radius 2 is 1.42 bits per heavy atom. The van der Waals surface area contributed by atoms with E-state index in [0.717, 1.165) is 47.5 Å². The minimum atomic E-state index is 0.796. The van der Waals surface area contributed by atoms with Gasteiger partial charge in [-0.15, -0.1) is 0 Å². The van der Waals surface area contributed by atoms with Crippen molar-refractivity contribution >= 4 is 11.0 Å². The monoisotopic (exact) mass is 418 g/mol. The second-order valence-corrected chi connectivity index (χ2v) is 8.53. The van der Waals surface area contributed by atoms with Crippen molar-refractivity contribution in [1.82, 2.24) is 9.97 Å². The van der Waals surface area contributed by atoms with E-state index >= 15 is 0 Å². The van der Waals surface area contributed by atoms with Crippen LogP contribution in [0.1, 0.15) is 83.6 Å². The van der Waals surface area contributed by atoms with Gasteiger partial charge in [0, 0.05) is 5.56 Å². The van der Waals surface area contributed by atoms with E-state index in [4.69, 9.17) is 9.72 Å². The Morgan fingerprint density at radius 3 is 2.16 bits per heavy atom. The third-order valence-electron chi connectivity index (χ3n) is 5.84. The first-order valence-electron chi connectivity index (χ1n) is 12.3. The van der Waals surface area contributed by atoms with E-state index in [2.05, 4.69) is 49.2 Å². The van der Waals surface area contributed by atoms with Crippen LogP contribution >= 0.6 is 0 Å². The van der Waals surface area contributed by atoms with E-state index < -0.39 is 0 Å². The second-order valence-electron chi connectivity index (χ2n) is 8.53. The molecule has 0 radical (unpaired) electrons. The Balaban J connectivity index is 1.48. The van der Waals surface area contributed by atoms with Crippen LogP contribution in [0.5, 0.6) is 5.75 Å². The molecule has 0 saturated carbocycles. The van der Waals surface area contributed by atoms with Crippen LogP contribution < -0.4 is 4.74 Å². The normalized spacial score (nSPS) is 11.2. The molecule has 3 aromatic rings. The van der Waals surface area contributed by atoms with Crippen LogP contribution in [-0.4, -0.2) is 16.6 Å². The summed E-state index contributed by atoms with van der Waals surface area (Å²) in [6.07, 6.45) is 15.9. The van der Waals surface area contributed by atoms with Crippen LogP contribution in [0.25, 0.3) is 22.3 Å². The van der Waals surface area contributed by atoms with Crippen molar-refractivity contribution in [3.63, 3.8) is 0 Å². The summed E-state index contributed by atoms with van der Waals surface area (Å²) in [4.78, 5) is 9.47. The molecule has 0 aliphatic rings. The van der Waals surface area contributed by atoms with E-state index in [9.17, 15) is 0 Å². The molecule has 1 heterocycles. The number of benzene rings is 2. The molecule has 0 fully saturated rings. The maximum Gasteiger partial charge on any atom is 0.119 e. The van der Waals surface area contributed by atoms with Crippen molar-refractivity contribution in [3.8, 4) is 17.0 Å². The zero-order valence-corrected chi connectivity index (χ0v) is 19.4. The largest absolute Gasteiger partial charge is 0.494 e. The molecule has 0 amide bonds. The summed E-state index contributed by atoms with van der Waals surface area (Å²) in [5, 5.41) is 0. The van der Waals surface area contributed by atoms with E-state index in [-0.39, 0.29) is 0 Å². The number of rotatable bonds is 14. The van der Waals surface area contributed by atoms with Gasteiger partial charge < -0.3 is 4.74 Å². The number of aromatic nitrogens is 2. The molecular formula is C28H38N2O. The van der Waals surface area contributed by atoms with Gasteiger partial charge in [0.2, 0.25) is 0 Å². The topological polar surface area (TPSA) is 35.0 Å². The van der Waals surface area contributed by atoms with Crippen molar-refractivity contribution in [1.29, 1.82) is 0 Å². The Labute approximate surface area is 188 Å². The lowest BCUT2D eigenvalue weighted by molar-refractivity contribution is 0.304. The molecule has 2 aromatic carbocycles. The molecule has 0 spiro atoms. The van der Waals surface area contributed by atoms with Gasteiger partial charge in [-0.3, -0.25) is 4.98 Å². The van der Waals surface area contributed by atoms with Gasteiger partial charge in [-0.25, -0.2) is 4.98 Å². The van der Waals surface area contributed by atoms with Gasteiger partial charge >= 0.3 is 0 Å². The van der Waals surface area contributed by atoms with Crippen molar-refractivity contribution in [3.05, 3.63) is 54.2 Å². The van der Waals surface area contributed by atoms with E-state index in [1.54, 1.807) is 0 Å². The summed E-state index contributed by atoms with van der Waals surface area (Å²) in [6.45, 7) is 5.29. The Bertz CT molecular complexity index is 905. The lowest BCUT2D eigenvalue weighted by atomic mass is 10.1. The highest BCUT2D eigenvalue weighted by molar-refractivity contribution is 5.77. The van der Waals surface area contributed by atoms with Crippen LogP contribution in [0, 0.1) is 0 Å². The molecule has 166 valence electrons. The summed E-state index contributed by atoms with van der Waals surface area (Å²) in [5.74, 6) is 0.933. The molecule has 31 heavy (non-hydrogen) atoms. The predicted molar refractivity (Wildman–Crippen MR) is 132 cm³/mol. The molecule has 3 rings (SSSR count). The van der Waals surface area contributed by atoms with Gasteiger partial charge in [0.15, 0.2) is 0 Å². The highest BCUT2D eigenvalue weighted by atomic mass is 16.5. The number of hydrogen-bond acceptors (Lipinski definition) is 3. The maximum absolute atomic E-state index is 5.93. The Kier molecular flexibility index (Phi) is 9.82. The first-order valence-corrected chi connectivity index (χ1v) is 12.3. The lowest BCUT2D eigenvalue weighted by Crippen LogP contribution is -1.97. The second kappa shape index (κ2) is 13.1. The van der Waals surface area contributed by atoms with Gasteiger partial charge in [0.25, 0.3) is 0 Å². The van der Waals surface area contributed by atoms with Crippen LogP contribution in [0.15, 0.2) is 48.7 Å². The SMILES string of the molecule is CCCCCCCCCCOc1ccc(-c2cnc3ccc(CCCC)cc3n2)cc1. The quantitative estimate of drug-likeness (QED) is 0.248. The fraction of sp³-hybridized carbons (Fsp3) is 0.500. The van der Waals surface area contributed by atoms with E-state index in [1.165, 1.54) is 63.4 Å². The van der Waals surface area contributed by atoms with E-state index in [0.29, 0.717) is 0 Å². The lowest BCUT2D eigenvalue weighted by Gasteiger charge is -2.08. The van der Waals surface area contributed by atoms with Gasteiger partial charge in [0.1, 0.15) is 5.75 Å². The number of hydrogen-bond donors (Lipinski definition) is 0. The predicted octanol–water partition coefficient (Wildman–Crippen LogP) is 8.16. The molecule has 0 bridgehead atoms. The van der Waals surface area contributed by atoms with Gasteiger partial charge in [-0.05, 0) is 61.2 Å². The third-order valence-corrected chi connectivity index (χ3v) is 5.84. The van der Waals surface area contributed by atoms with Gasteiger partial charge in [0.05, 0.1) is 29.5 Å². The average molecular weight is 419 g/mol. The Morgan fingerprint density at radius 1 is 0.710 bits per heavy atom. The number of unbranched alkanes of at least 4 members (excludes halogenated alkanes) is 8. The number of ether oxygens (including phenoxy) is 1. The van der Waals surface area contributed by atoms with Crippen molar-refractivity contribution < 1.29 is 4.74 Å². The van der Waals surface area contributed by atoms with E-state index in [1.807, 2.05) is 18.3 Å². The summed E-state index contributed by atoms with van der Waals surface area (Å²) in [6, 6.07) is 14.7. The first kappa shape index (κ1) is 23.2. The van der Waals surface area contributed by atoms with Gasteiger partial charge in [-0.1, -0.05) is 71.3 Å². The van der Waals surface area contributed by atoms with Gasteiger partial charge in [-0.2, -0.15) is 0 Å². The molecule has 3 nitrogen and oxygen atoms in total. The smallest absolute Gasteiger partial charge is 0.119 e. The highest BCUT2D eigenvalue weighted by Gasteiger charge is 2.05. The van der Waals surface area contributed by atoms with Crippen LogP contribution in [0.2, 0.25) is 0 Å². The van der Waals surface area contributed by atoms with Crippen molar-refractivity contribution in [2.75, 3.05) is 6.61 Å². The summed E-state index contributed by atoms with van der Waals surface area (Å²) < 4.78 is 5.93. The summed E-state index contributed by atoms with van der Waals surface area (Å²) >= 11 is 0. The number of aryl methyl sites for hydroxylation is 1. The van der Waals surface area contributed by atoms with Crippen molar-refractivity contribution in [2.45, 2.75) is 84.5 Å². The minimum absolute atomic E-state index is 0.796. The fourth-order valence-electron chi connectivity index (χ4n) is 3.88. The number of fused-ring (bicyclic) bond motifs is 1. The molecule has 3 heteroatoms.